The molecule has 5 aromatic rings. The normalized spacial score (nSPS) is 15.0. The van der Waals surface area contributed by atoms with Gasteiger partial charge in [0.15, 0.2) is 0 Å². The molecular formula is C28H24BrN3O. The number of hydrogen-bond donors (Lipinski definition) is 0. The zero-order valence-electron chi connectivity index (χ0n) is 18.8. The standard InChI is InChI=1S/C28H24BrN3O/c1-4-32-26-14-13-18(29)15-21(26)28(27(32)33,22-16-30(2)24-11-7-5-9-19(22)24)23-17-31(3)25-12-8-6-10-20(23)25/h5-17H,4H2,1-3H3. The number of halogens is 1. The lowest BCUT2D eigenvalue weighted by Gasteiger charge is -2.29. The second-order valence-electron chi connectivity index (χ2n) is 8.80. The van der Waals surface area contributed by atoms with E-state index in [1.165, 1.54) is 0 Å². The van der Waals surface area contributed by atoms with Crippen molar-refractivity contribution in [3.63, 3.8) is 0 Å². The van der Waals surface area contributed by atoms with Crippen LogP contribution in [0.1, 0.15) is 23.6 Å². The van der Waals surface area contributed by atoms with Crippen LogP contribution in [0.3, 0.4) is 0 Å². The summed E-state index contributed by atoms with van der Waals surface area (Å²) < 4.78 is 5.24. The van der Waals surface area contributed by atoms with Gasteiger partial charge in [0.1, 0.15) is 5.41 Å². The molecule has 5 heteroatoms. The molecule has 3 heterocycles. The Balaban J connectivity index is 1.85. The average Bonchev–Trinajstić information content (AvgIpc) is 3.42. The minimum Gasteiger partial charge on any atom is -0.350 e. The van der Waals surface area contributed by atoms with Gasteiger partial charge in [0.25, 0.3) is 0 Å². The highest BCUT2D eigenvalue weighted by molar-refractivity contribution is 9.10. The molecule has 0 spiro atoms. The minimum atomic E-state index is -0.948. The van der Waals surface area contributed by atoms with E-state index >= 15 is 0 Å². The highest BCUT2D eigenvalue weighted by atomic mass is 79.9. The SMILES string of the molecule is CCN1C(=O)C(c2cn(C)c3ccccc23)(c2cn(C)c3ccccc23)c2cc(Br)ccc21. The fourth-order valence-corrected chi connectivity index (χ4v) is 6.09. The van der Waals surface area contributed by atoms with Gasteiger partial charge < -0.3 is 14.0 Å². The molecule has 1 aliphatic rings. The summed E-state index contributed by atoms with van der Waals surface area (Å²) in [6, 6.07) is 23.0. The predicted octanol–water partition coefficient (Wildman–Crippen LogP) is 6.13. The molecule has 0 radical (unpaired) electrons. The monoisotopic (exact) mass is 497 g/mol. The summed E-state index contributed by atoms with van der Waals surface area (Å²) >= 11 is 3.69. The van der Waals surface area contributed by atoms with E-state index in [2.05, 4.69) is 112 Å². The van der Waals surface area contributed by atoms with Crippen LogP contribution >= 0.6 is 15.9 Å². The summed E-state index contributed by atoms with van der Waals surface area (Å²) in [5.74, 6) is 0.103. The summed E-state index contributed by atoms with van der Waals surface area (Å²) in [5, 5.41) is 2.20. The molecule has 3 aromatic carbocycles. The molecule has 1 aliphatic heterocycles. The van der Waals surface area contributed by atoms with Crippen molar-refractivity contribution < 1.29 is 4.79 Å². The van der Waals surface area contributed by atoms with Gasteiger partial charge >= 0.3 is 0 Å². The Morgan fingerprint density at radius 3 is 1.88 bits per heavy atom. The van der Waals surface area contributed by atoms with Gasteiger partial charge in [0, 0.05) is 81.7 Å². The van der Waals surface area contributed by atoms with Crippen molar-refractivity contribution in [1.29, 1.82) is 0 Å². The van der Waals surface area contributed by atoms with E-state index < -0.39 is 5.41 Å². The van der Waals surface area contributed by atoms with E-state index in [1.807, 2.05) is 17.9 Å². The van der Waals surface area contributed by atoms with Gasteiger partial charge in [-0.2, -0.15) is 0 Å². The first-order valence-corrected chi connectivity index (χ1v) is 12.0. The molecule has 0 N–H and O–H groups in total. The van der Waals surface area contributed by atoms with Crippen molar-refractivity contribution in [2.75, 3.05) is 11.4 Å². The van der Waals surface area contributed by atoms with Crippen LogP contribution in [0.15, 0.2) is 83.6 Å². The maximum absolute atomic E-state index is 14.6. The lowest BCUT2D eigenvalue weighted by molar-refractivity contribution is -0.120. The fraction of sp³-hybridized carbons (Fsp3) is 0.179. The van der Waals surface area contributed by atoms with Gasteiger partial charge in [0.05, 0.1) is 0 Å². The van der Waals surface area contributed by atoms with Crippen LogP contribution in [0, 0.1) is 0 Å². The number of para-hydroxylation sites is 2. The van der Waals surface area contributed by atoms with Crippen LogP contribution in [0.25, 0.3) is 21.8 Å². The molecule has 0 saturated carbocycles. The topological polar surface area (TPSA) is 30.2 Å². The third-order valence-electron chi connectivity index (χ3n) is 7.14. The highest BCUT2D eigenvalue weighted by Crippen LogP contribution is 2.54. The number of rotatable bonds is 3. The van der Waals surface area contributed by atoms with Crippen molar-refractivity contribution in [1.82, 2.24) is 9.13 Å². The molecule has 0 bridgehead atoms. The molecule has 4 nitrogen and oxygen atoms in total. The number of aryl methyl sites for hydroxylation is 2. The third kappa shape index (κ3) is 2.54. The number of carbonyl (C=O) groups is 1. The van der Waals surface area contributed by atoms with Crippen LogP contribution in [0.2, 0.25) is 0 Å². The smallest absolute Gasteiger partial charge is 0.246 e. The molecule has 0 saturated heterocycles. The van der Waals surface area contributed by atoms with Crippen molar-refractivity contribution in [2.24, 2.45) is 14.1 Å². The molecule has 0 unspecified atom stereocenters. The van der Waals surface area contributed by atoms with E-state index in [0.29, 0.717) is 6.54 Å². The fourth-order valence-electron chi connectivity index (χ4n) is 5.73. The summed E-state index contributed by atoms with van der Waals surface area (Å²) in [6.07, 6.45) is 4.29. The van der Waals surface area contributed by atoms with Crippen LogP contribution in [-0.4, -0.2) is 21.6 Å². The lowest BCUT2D eigenvalue weighted by atomic mass is 9.70. The van der Waals surface area contributed by atoms with Crippen molar-refractivity contribution in [3.8, 4) is 0 Å². The first kappa shape index (κ1) is 20.3. The largest absolute Gasteiger partial charge is 0.350 e. The summed E-state index contributed by atoms with van der Waals surface area (Å²) in [6.45, 7) is 2.66. The first-order valence-electron chi connectivity index (χ1n) is 11.2. The molecule has 1 amide bonds. The number of amides is 1. The van der Waals surface area contributed by atoms with Gasteiger partial charge in [-0.1, -0.05) is 52.3 Å². The summed E-state index contributed by atoms with van der Waals surface area (Å²) in [5.41, 5.74) is 5.34. The number of nitrogens with zero attached hydrogens (tertiary/aromatic N) is 3. The number of fused-ring (bicyclic) bond motifs is 3. The van der Waals surface area contributed by atoms with Crippen LogP contribution in [-0.2, 0) is 24.3 Å². The first-order chi connectivity index (χ1) is 16.0. The Labute approximate surface area is 201 Å². The zero-order chi connectivity index (χ0) is 22.9. The number of hydrogen-bond acceptors (Lipinski definition) is 1. The van der Waals surface area contributed by atoms with Crippen LogP contribution < -0.4 is 4.90 Å². The van der Waals surface area contributed by atoms with Gasteiger partial charge in [-0.15, -0.1) is 0 Å². The number of anilines is 1. The molecular weight excluding hydrogens is 474 g/mol. The van der Waals surface area contributed by atoms with E-state index in [1.54, 1.807) is 0 Å². The van der Waals surface area contributed by atoms with Gasteiger partial charge in [-0.05, 0) is 37.3 Å². The predicted molar refractivity (Wildman–Crippen MR) is 138 cm³/mol. The molecule has 0 atom stereocenters. The van der Waals surface area contributed by atoms with Crippen LogP contribution in [0.4, 0.5) is 5.69 Å². The van der Waals surface area contributed by atoms with Gasteiger partial charge in [0.2, 0.25) is 5.91 Å². The lowest BCUT2D eigenvalue weighted by Crippen LogP contribution is -2.42. The van der Waals surface area contributed by atoms with Crippen molar-refractivity contribution in [2.45, 2.75) is 12.3 Å². The van der Waals surface area contributed by atoms with Crippen LogP contribution in [0.5, 0.6) is 0 Å². The highest BCUT2D eigenvalue weighted by Gasteiger charge is 2.55. The summed E-state index contributed by atoms with van der Waals surface area (Å²) in [7, 11) is 4.11. The van der Waals surface area contributed by atoms with E-state index in [-0.39, 0.29) is 5.91 Å². The molecule has 6 rings (SSSR count). The third-order valence-corrected chi connectivity index (χ3v) is 7.63. The summed E-state index contributed by atoms with van der Waals surface area (Å²) in [4.78, 5) is 16.6. The van der Waals surface area contributed by atoms with E-state index in [0.717, 1.165) is 48.7 Å². The number of aromatic nitrogens is 2. The Bertz CT molecular complexity index is 1500. The molecule has 0 aliphatic carbocycles. The average molecular weight is 498 g/mol. The maximum atomic E-state index is 14.6. The van der Waals surface area contributed by atoms with Gasteiger partial charge in [-0.25, -0.2) is 0 Å². The Hall–Kier alpha value is -3.31. The van der Waals surface area contributed by atoms with Crippen molar-refractivity contribution >= 4 is 49.3 Å². The van der Waals surface area contributed by atoms with E-state index in [9.17, 15) is 4.79 Å². The van der Waals surface area contributed by atoms with Crippen molar-refractivity contribution in [3.05, 3.63) is 100 Å². The number of benzene rings is 3. The molecule has 2 aromatic heterocycles. The minimum absolute atomic E-state index is 0.103. The number of likely N-dealkylation sites (N-methyl/N-ethyl adjacent to an activating group) is 1. The number of carbonyl (C=O) groups excluding carboxylic acids is 1. The zero-order valence-corrected chi connectivity index (χ0v) is 20.4. The Morgan fingerprint density at radius 2 is 1.33 bits per heavy atom. The second kappa shape index (κ2) is 7.09. The van der Waals surface area contributed by atoms with E-state index in [4.69, 9.17) is 0 Å². The quantitative estimate of drug-likeness (QED) is 0.294. The van der Waals surface area contributed by atoms with Gasteiger partial charge in [-0.3, -0.25) is 4.79 Å². The Morgan fingerprint density at radius 1 is 0.788 bits per heavy atom. The Kier molecular flexibility index (Phi) is 4.36. The maximum Gasteiger partial charge on any atom is 0.246 e. The molecule has 0 fully saturated rings. The second-order valence-corrected chi connectivity index (χ2v) is 9.72. The molecule has 164 valence electrons. The molecule has 33 heavy (non-hydrogen) atoms.